The van der Waals surface area contributed by atoms with Crippen molar-refractivity contribution >= 4 is 17.9 Å². The largest absolute Gasteiger partial charge is 0.544 e. The van der Waals surface area contributed by atoms with Gasteiger partial charge in [0, 0.05) is 19.3 Å². The Morgan fingerprint density at radius 3 is 1.40 bits per heavy atom. The number of ether oxygens (including phenoxy) is 3. The highest BCUT2D eigenvalue weighted by Gasteiger charge is 2.25. The van der Waals surface area contributed by atoms with Crippen LogP contribution in [0.4, 0.5) is 0 Å². The van der Waals surface area contributed by atoms with Gasteiger partial charge in [-0.3, -0.25) is 9.59 Å². The molecule has 0 heterocycles. The van der Waals surface area contributed by atoms with Crippen LogP contribution in [0.15, 0.2) is 85.1 Å². The van der Waals surface area contributed by atoms with Crippen LogP contribution in [0.5, 0.6) is 0 Å². The second-order valence-corrected chi connectivity index (χ2v) is 16.6. The Hall–Kier alpha value is -3.49. The van der Waals surface area contributed by atoms with Crippen molar-refractivity contribution in [2.75, 3.05) is 41.0 Å². The van der Waals surface area contributed by atoms with E-state index in [0.29, 0.717) is 12.8 Å². The topological polar surface area (TPSA) is 102 Å². The van der Waals surface area contributed by atoms with Crippen molar-refractivity contribution in [2.45, 2.75) is 187 Å². The fraction of sp³-hybridized carbons (Fsp3) is 0.673. The number of carboxylic acids is 1. The molecule has 0 aromatic carbocycles. The van der Waals surface area contributed by atoms with Crippen LogP contribution < -0.4 is 5.11 Å². The molecule has 0 aromatic rings. The first-order valence-corrected chi connectivity index (χ1v) is 23.6. The monoisotopic (exact) mass is 838 g/mol. The summed E-state index contributed by atoms with van der Waals surface area (Å²) in [5.74, 6) is -1.80. The molecule has 2 unspecified atom stereocenters. The predicted molar refractivity (Wildman–Crippen MR) is 249 cm³/mol. The van der Waals surface area contributed by atoms with Crippen LogP contribution in [0.2, 0.25) is 0 Å². The summed E-state index contributed by atoms with van der Waals surface area (Å²) in [5, 5.41) is 11.6. The Balaban J connectivity index is 4.40. The maximum absolute atomic E-state index is 12.7. The minimum atomic E-state index is -1.13. The van der Waals surface area contributed by atoms with Crippen molar-refractivity contribution in [2.24, 2.45) is 0 Å². The van der Waals surface area contributed by atoms with Gasteiger partial charge in [0.25, 0.3) is 0 Å². The van der Waals surface area contributed by atoms with Gasteiger partial charge < -0.3 is 28.6 Å². The number of allylic oxidation sites excluding steroid dienone is 14. The number of aliphatic carboxylic acids is 1. The molecule has 0 radical (unpaired) electrons. The Morgan fingerprint density at radius 2 is 0.933 bits per heavy atom. The summed E-state index contributed by atoms with van der Waals surface area (Å²) in [5.41, 5.74) is 0. The maximum atomic E-state index is 12.7. The van der Waals surface area contributed by atoms with Crippen molar-refractivity contribution < 1.29 is 38.2 Å². The number of unbranched alkanes of at least 4 members (excludes halogenated alkanes) is 13. The number of carbonyl (C=O) groups is 3. The average Bonchev–Trinajstić information content (AvgIpc) is 3.21. The zero-order chi connectivity index (χ0) is 44.2. The van der Waals surface area contributed by atoms with Crippen molar-refractivity contribution in [1.82, 2.24) is 0 Å². The van der Waals surface area contributed by atoms with E-state index in [1.165, 1.54) is 44.9 Å². The number of carboxylic acid groups (broad SMARTS) is 1. The maximum Gasteiger partial charge on any atom is 0.306 e. The highest BCUT2D eigenvalue weighted by Crippen LogP contribution is 2.13. The van der Waals surface area contributed by atoms with Crippen molar-refractivity contribution in [3.05, 3.63) is 85.1 Å². The van der Waals surface area contributed by atoms with Crippen LogP contribution >= 0.6 is 0 Å². The highest BCUT2D eigenvalue weighted by atomic mass is 16.6. The molecular formula is C52H87NO7. The minimum absolute atomic E-state index is 0.0219. The first-order valence-electron chi connectivity index (χ1n) is 23.6. The first-order chi connectivity index (χ1) is 29.1. The second-order valence-electron chi connectivity index (χ2n) is 16.6. The predicted octanol–water partition coefficient (Wildman–Crippen LogP) is 12.0. The molecule has 0 rings (SSSR count). The Labute approximate surface area is 367 Å². The number of nitrogens with zero attached hydrogens (tertiary/aromatic N) is 1. The molecule has 0 aliphatic rings. The summed E-state index contributed by atoms with van der Waals surface area (Å²) < 4.78 is 17.2. The Morgan fingerprint density at radius 1 is 0.517 bits per heavy atom. The zero-order valence-electron chi connectivity index (χ0n) is 38.8. The molecule has 2 atom stereocenters. The third-order valence-corrected chi connectivity index (χ3v) is 10.0. The number of hydrogen-bond donors (Lipinski definition) is 0. The van der Waals surface area contributed by atoms with Gasteiger partial charge in [-0.15, -0.1) is 0 Å². The van der Waals surface area contributed by atoms with Gasteiger partial charge in [0.2, 0.25) is 0 Å². The SMILES string of the molecule is CC/C=C/C/C=C/C/C=C/C/C=C/C/C=C/CCCCCC(=O)OCC(COCCC(C(=O)[O-])[N+](C)(C)C)OC(=O)CCCCCCCCC/C=C/C/C=C/CCCCC. The van der Waals surface area contributed by atoms with Crippen molar-refractivity contribution in [3.63, 3.8) is 0 Å². The highest BCUT2D eigenvalue weighted by molar-refractivity contribution is 5.70. The number of likely N-dealkylation sites (N-methyl/N-ethyl adjacent to an activating group) is 1. The van der Waals surface area contributed by atoms with E-state index in [4.69, 9.17) is 14.2 Å². The normalized spacial score (nSPS) is 13.7. The molecule has 0 saturated carbocycles. The molecule has 8 nitrogen and oxygen atoms in total. The quantitative estimate of drug-likeness (QED) is 0.0261. The van der Waals surface area contributed by atoms with Crippen molar-refractivity contribution in [3.8, 4) is 0 Å². The zero-order valence-corrected chi connectivity index (χ0v) is 38.8. The van der Waals surface area contributed by atoms with Gasteiger partial charge in [-0.2, -0.15) is 0 Å². The fourth-order valence-corrected chi connectivity index (χ4v) is 6.36. The van der Waals surface area contributed by atoms with Gasteiger partial charge in [0.15, 0.2) is 6.10 Å². The lowest BCUT2D eigenvalue weighted by Gasteiger charge is -2.34. The van der Waals surface area contributed by atoms with Gasteiger partial charge in [-0.25, -0.2) is 0 Å². The summed E-state index contributed by atoms with van der Waals surface area (Å²) in [7, 11) is 5.39. The van der Waals surface area contributed by atoms with Crippen LogP contribution in [0.3, 0.4) is 0 Å². The smallest absolute Gasteiger partial charge is 0.306 e. The molecule has 342 valence electrons. The molecule has 0 aromatic heterocycles. The molecule has 0 amide bonds. The van der Waals surface area contributed by atoms with Crippen LogP contribution in [-0.4, -0.2) is 75.5 Å². The summed E-state index contributed by atoms with van der Waals surface area (Å²) in [4.78, 5) is 36.9. The molecule has 0 N–H and O–H groups in total. The molecule has 8 heteroatoms. The summed E-state index contributed by atoms with van der Waals surface area (Å²) in [6.45, 7) is 4.47. The second kappa shape index (κ2) is 42.2. The third-order valence-electron chi connectivity index (χ3n) is 10.0. The Bertz CT molecular complexity index is 1250. The minimum Gasteiger partial charge on any atom is -0.544 e. The third kappa shape index (κ3) is 39.9. The van der Waals surface area contributed by atoms with E-state index in [1.54, 1.807) is 21.1 Å². The van der Waals surface area contributed by atoms with Gasteiger partial charge in [-0.05, 0) is 89.9 Å². The fourth-order valence-electron chi connectivity index (χ4n) is 6.36. The molecule has 0 aliphatic heterocycles. The van der Waals surface area contributed by atoms with Crippen LogP contribution in [0.25, 0.3) is 0 Å². The van der Waals surface area contributed by atoms with E-state index in [0.717, 1.165) is 96.3 Å². The number of rotatable bonds is 41. The van der Waals surface area contributed by atoms with Crippen molar-refractivity contribution in [1.29, 1.82) is 0 Å². The van der Waals surface area contributed by atoms with E-state index in [9.17, 15) is 19.5 Å². The van der Waals surface area contributed by atoms with Crippen LogP contribution in [-0.2, 0) is 28.6 Å². The summed E-state index contributed by atoms with van der Waals surface area (Å²) >= 11 is 0. The number of hydrogen-bond acceptors (Lipinski definition) is 7. The van der Waals surface area contributed by atoms with Gasteiger partial charge in [-0.1, -0.05) is 150 Å². The lowest BCUT2D eigenvalue weighted by atomic mass is 10.1. The first kappa shape index (κ1) is 56.5. The summed E-state index contributed by atoms with van der Waals surface area (Å²) in [6, 6.07) is -0.737. The molecule has 0 fully saturated rings. The van der Waals surface area contributed by atoms with E-state index in [2.05, 4.69) is 98.9 Å². The van der Waals surface area contributed by atoms with E-state index >= 15 is 0 Å². The Kier molecular flexibility index (Phi) is 39.8. The van der Waals surface area contributed by atoms with Crippen LogP contribution in [0, 0.1) is 0 Å². The number of carbonyl (C=O) groups excluding carboxylic acids is 3. The van der Waals surface area contributed by atoms with E-state index in [1.807, 2.05) is 0 Å². The van der Waals surface area contributed by atoms with Gasteiger partial charge in [0.1, 0.15) is 12.6 Å². The van der Waals surface area contributed by atoms with Crippen LogP contribution in [0.1, 0.15) is 174 Å². The van der Waals surface area contributed by atoms with E-state index in [-0.39, 0.29) is 42.7 Å². The van der Waals surface area contributed by atoms with Gasteiger partial charge >= 0.3 is 11.9 Å². The number of esters is 2. The lowest BCUT2D eigenvalue weighted by molar-refractivity contribution is -0.889. The van der Waals surface area contributed by atoms with Gasteiger partial charge in [0.05, 0.1) is 40.3 Å². The lowest BCUT2D eigenvalue weighted by Crippen LogP contribution is -2.55. The molecule has 0 saturated heterocycles. The summed E-state index contributed by atoms with van der Waals surface area (Å²) in [6.07, 6.45) is 54.6. The standard InChI is InChI=1S/C52H87NO7/c1-6-8-10-12-14-16-18-20-22-24-25-27-28-30-32-34-36-38-40-42-50(54)59-47-48(46-58-45-44-49(52(56)57)53(3,4)5)60-51(55)43-41-39-37-35-33-31-29-26-23-21-19-17-15-13-11-9-7-2/h8,10,14-17,20-23,25,27,30,32,48-49H,6-7,9,11-13,18-19,24,26,28-29,31,33-47H2,1-5H3/b10-8+,16-14+,17-15+,22-20+,23-21+,27-25+,32-30+. The molecule has 0 aliphatic carbocycles. The molecular weight excluding hydrogens is 751 g/mol. The molecule has 0 spiro atoms. The molecule has 60 heavy (non-hydrogen) atoms. The molecule has 0 bridgehead atoms. The number of quaternary nitrogens is 1. The average molecular weight is 838 g/mol. The van der Waals surface area contributed by atoms with E-state index < -0.39 is 18.1 Å².